The molecule has 1 saturated heterocycles. The molecule has 1 aliphatic rings. The van der Waals surface area contributed by atoms with Gasteiger partial charge in [0.2, 0.25) is 5.91 Å². The highest BCUT2D eigenvalue weighted by molar-refractivity contribution is 7.98. The van der Waals surface area contributed by atoms with Crippen LogP contribution in [0, 0.1) is 6.92 Å². The minimum Gasteiger partial charge on any atom is -0.357 e. The van der Waals surface area contributed by atoms with Crippen molar-refractivity contribution in [2.75, 3.05) is 30.9 Å². The number of aryl methyl sites for hydroxylation is 1. The van der Waals surface area contributed by atoms with Crippen molar-refractivity contribution in [2.45, 2.75) is 44.2 Å². The van der Waals surface area contributed by atoms with Gasteiger partial charge in [-0.25, -0.2) is 13.4 Å². The van der Waals surface area contributed by atoms with E-state index in [0.29, 0.717) is 25.5 Å². The van der Waals surface area contributed by atoms with Crippen LogP contribution in [0.3, 0.4) is 0 Å². The number of rotatable bonds is 8. The zero-order valence-electron chi connectivity index (χ0n) is 16.7. The molecule has 0 spiro atoms. The van der Waals surface area contributed by atoms with Gasteiger partial charge in [-0.3, -0.25) is 4.79 Å². The van der Waals surface area contributed by atoms with Gasteiger partial charge < -0.3 is 16.0 Å². The van der Waals surface area contributed by atoms with E-state index in [1.165, 1.54) is 10.5 Å². The molecule has 3 N–H and O–H groups in total. The van der Waals surface area contributed by atoms with Gasteiger partial charge in [0.1, 0.15) is 0 Å². The summed E-state index contributed by atoms with van der Waals surface area (Å²) in [5.74, 6) is 0.717. The molecule has 7 nitrogen and oxygen atoms in total. The summed E-state index contributed by atoms with van der Waals surface area (Å²) in [6, 6.07) is 6.07. The van der Waals surface area contributed by atoms with Crippen molar-refractivity contribution in [1.82, 2.24) is 16.0 Å². The molecular weight excluding hydrogens is 396 g/mol. The third-order valence-corrected chi connectivity index (χ3v) is 7.02. The SMILES string of the molecule is CCNC(=NCc1ccc(C)cc1SC)NCCC(=O)NC1CCS(=O)(=O)C1. The molecule has 156 valence electrons. The Kier molecular flexibility index (Phi) is 8.62. The Hall–Kier alpha value is -1.74. The zero-order valence-corrected chi connectivity index (χ0v) is 18.4. The molecule has 1 aromatic carbocycles. The lowest BCUT2D eigenvalue weighted by Crippen LogP contribution is -2.41. The maximum absolute atomic E-state index is 12.0. The highest BCUT2D eigenvalue weighted by Crippen LogP contribution is 2.22. The molecule has 0 radical (unpaired) electrons. The third kappa shape index (κ3) is 7.35. The van der Waals surface area contributed by atoms with Crippen LogP contribution in [-0.4, -0.2) is 57.2 Å². The molecule has 28 heavy (non-hydrogen) atoms. The van der Waals surface area contributed by atoms with Crippen LogP contribution >= 0.6 is 11.8 Å². The average molecular weight is 427 g/mol. The van der Waals surface area contributed by atoms with E-state index in [2.05, 4.69) is 52.3 Å². The van der Waals surface area contributed by atoms with Crippen LogP contribution < -0.4 is 16.0 Å². The summed E-state index contributed by atoms with van der Waals surface area (Å²) in [6.07, 6.45) is 2.82. The average Bonchev–Trinajstić information content (AvgIpc) is 2.98. The quantitative estimate of drug-likeness (QED) is 0.331. The van der Waals surface area contributed by atoms with Crippen LogP contribution in [0.15, 0.2) is 28.1 Å². The van der Waals surface area contributed by atoms with Crippen molar-refractivity contribution in [3.8, 4) is 0 Å². The number of hydrogen-bond donors (Lipinski definition) is 3. The molecule has 1 aliphatic heterocycles. The topological polar surface area (TPSA) is 99.7 Å². The lowest BCUT2D eigenvalue weighted by atomic mass is 10.1. The van der Waals surface area contributed by atoms with Gasteiger partial charge >= 0.3 is 0 Å². The Morgan fingerprint density at radius 3 is 2.75 bits per heavy atom. The molecule has 1 amide bonds. The Morgan fingerprint density at radius 1 is 1.32 bits per heavy atom. The van der Waals surface area contributed by atoms with Gasteiger partial charge in [0.25, 0.3) is 0 Å². The van der Waals surface area contributed by atoms with Crippen molar-refractivity contribution in [3.63, 3.8) is 0 Å². The second-order valence-electron chi connectivity index (χ2n) is 6.85. The standard InChI is InChI=1S/C19H30N4O3S2/c1-4-20-19(22-12-15-6-5-14(2)11-17(15)27-3)21-9-7-18(24)23-16-8-10-28(25,26)13-16/h5-6,11,16H,4,7-10,12-13H2,1-3H3,(H,23,24)(H2,20,21,22). The first-order valence-electron chi connectivity index (χ1n) is 9.48. The van der Waals surface area contributed by atoms with Crippen molar-refractivity contribution >= 4 is 33.5 Å². The molecular formula is C19H30N4O3S2. The van der Waals surface area contributed by atoms with E-state index >= 15 is 0 Å². The van der Waals surface area contributed by atoms with Crippen LogP contribution in [0.1, 0.15) is 30.9 Å². The van der Waals surface area contributed by atoms with Crippen molar-refractivity contribution < 1.29 is 13.2 Å². The van der Waals surface area contributed by atoms with Crippen LogP contribution in [0.2, 0.25) is 0 Å². The van der Waals surface area contributed by atoms with Crippen LogP contribution in [0.4, 0.5) is 0 Å². The fourth-order valence-corrected chi connectivity index (χ4v) is 5.36. The highest BCUT2D eigenvalue weighted by Gasteiger charge is 2.28. The molecule has 1 unspecified atom stereocenters. The van der Waals surface area contributed by atoms with E-state index in [-0.39, 0.29) is 29.9 Å². The number of sulfone groups is 1. The van der Waals surface area contributed by atoms with Crippen molar-refractivity contribution in [3.05, 3.63) is 29.3 Å². The minimum atomic E-state index is -2.99. The normalized spacial score (nSPS) is 18.7. The number of hydrogen-bond acceptors (Lipinski definition) is 5. The van der Waals surface area contributed by atoms with E-state index in [1.807, 2.05) is 6.92 Å². The molecule has 2 rings (SSSR count). The smallest absolute Gasteiger partial charge is 0.222 e. The van der Waals surface area contributed by atoms with Gasteiger partial charge in [-0.15, -0.1) is 11.8 Å². The number of aliphatic imine (C=N–C) groups is 1. The van der Waals surface area contributed by atoms with Crippen LogP contribution in [0.25, 0.3) is 0 Å². The van der Waals surface area contributed by atoms with E-state index in [9.17, 15) is 13.2 Å². The second-order valence-corrected chi connectivity index (χ2v) is 9.93. The Balaban J connectivity index is 1.83. The van der Waals surface area contributed by atoms with Gasteiger partial charge in [0, 0.05) is 30.4 Å². The first-order chi connectivity index (χ1) is 13.3. The zero-order chi connectivity index (χ0) is 20.6. The molecule has 9 heteroatoms. The van der Waals surface area contributed by atoms with E-state index in [1.54, 1.807) is 11.8 Å². The Bertz CT molecular complexity index is 809. The maximum Gasteiger partial charge on any atom is 0.222 e. The Morgan fingerprint density at radius 2 is 2.11 bits per heavy atom. The van der Waals surface area contributed by atoms with Gasteiger partial charge in [-0.2, -0.15) is 0 Å². The lowest BCUT2D eigenvalue weighted by Gasteiger charge is -2.14. The van der Waals surface area contributed by atoms with Crippen molar-refractivity contribution in [2.24, 2.45) is 4.99 Å². The number of nitrogens with zero attached hydrogens (tertiary/aromatic N) is 1. The van der Waals surface area contributed by atoms with Crippen molar-refractivity contribution in [1.29, 1.82) is 0 Å². The van der Waals surface area contributed by atoms with E-state index < -0.39 is 9.84 Å². The van der Waals surface area contributed by atoms with E-state index in [0.717, 1.165) is 12.1 Å². The number of amides is 1. The lowest BCUT2D eigenvalue weighted by molar-refractivity contribution is -0.121. The monoisotopic (exact) mass is 426 g/mol. The predicted molar refractivity (Wildman–Crippen MR) is 116 cm³/mol. The number of benzene rings is 1. The van der Waals surface area contributed by atoms with Gasteiger partial charge in [0.15, 0.2) is 15.8 Å². The summed E-state index contributed by atoms with van der Waals surface area (Å²) in [6.45, 7) is 5.77. The molecule has 0 saturated carbocycles. The van der Waals surface area contributed by atoms with E-state index in [4.69, 9.17) is 0 Å². The van der Waals surface area contributed by atoms with Crippen LogP contribution in [0.5, 0.6) is 0 Å². The minimum absolute atomic E-state index is 0.0462. The third-order valence-electron chi connectivity index (χ3n) is 4.44. The second kappa shape index (κ2) is 10.7. The van der Waals surface area contributed by atoms with Gasteiger partial charge in [0.05, 0.1) is 18.1 Å². The summed E-state index contributed by atoms with van der Waals surface area (Å²) in [5.41, 5.74) is 2.39. The molecule has 1 atom stereocenters. The largest absolute Gasteiger partial charge is 0.357 e. The number of carbonyl (C=O) groups is 1. The predicted octanol–water partition coefficient (Wildman–Crippen LogP) is 1.47. The molecule has 0 aliphatic carbocycles. The first-order valence-corrected chi connectivity index (χ1v) is 12.5. The van der Waals surface area contributed by atoms with Gasteiger partial charge in [-0.1, -0.05) is 12.1 Å². The molecule has 0 bridgehead atoms. The number of thioether (sulfide) groups is 1. The molecule has 0 aromatic heterocycles. The number of guanidine groups is 1. The summed E-state index contributed by atoms with van der Waals surface area (Å²) in [7, 11) is -2.99. The highest BCUT2D eigenvalue weighted by atomic mass is 32.2. The Labute approximate surface area is 172 Å². The molecule has 1 aromatic rings. The molecule has 1 heterocycles. The number of carbonyl (C=O) groups excluding carboxylic acids is 1. The van der Waals surface area contributed by atoms with Crippen LogP contribution in [-0.2, 0) is 21.2 Å². The summed E-state index contributed by atoms with van der Waals surface area (Å²) in [4.78, 5) is 17.9. The maximum atomic E-state index is 12.0. The molecule has 1 fully saturated rings. The van der Waals surface area contributed by atoms with Gasteiger partial charge in [-0.05, 0) is 43.7 Å². The summed E-state index contributed by atoms with van der Waals surface area (Å²) in [5, 5.41) is 9.14. The number of nitrogens with one attached hydrogen (secondary N) is 3. The fraction of sp³-hybridized carbons (Fsp3) is 0.579. The fourth-order valence-electron chi connectivity index (χ4n) is 2.99. The summed E-state index contributed by atoms with van der Waals surface area (Å²) < 4.78 is 22.9. The summed E-state index contributed by atoms with van der Waals surface area (Å²) >= 11 is 1.71. The first kappa shape index (κ1) is 22.5.